The molecule has 21 heavy (non-hydrogen) atoms. The van der Waals surface area contributed by atoms with Crippen LogP contribution in [0.5, 0.6) is 11.5 Å². The second-order valence-corrected chi connectivity index (χ2v) is 5.15. The van der Waals surface area contributed by atoms with Gasteiger partial charge in [-0.05, 0) is 42.8 Å². The lowest BCUT2D eigenvalue weighted by Crippen LogP contribution is -2.34. The van der Waals surface area contributed by atoms with Gasteiger partial charge in [-0.3, -0.25) is 4.79 Å². The van der Waals surface area contributed by atoms with Gasteiger partial charge in [-0.15, -0.1) is 0 Å². The maximum Gasteiger partial charge on any atom is 0.321 e. The van der Waals surface area contributed by atoms with E-state index < -0.39 is 12.0 Å². The Balaban J connectivity index is 1.81. The molecule has 1 aliphatic rings. The van der Waals surface area contributed by atoms with Crippen molar-refractivity contribution in [2.75, 3.05) is 6.54 Å². The standard InChI is InChI=1S/C17H17NO3/c19-17(20)16-15(9-10-18-16)12-5-4-8-14(11-12)21-13-6-2-1-3-7-13/h1-8,11,15-16,18H,9-10H2,(H,19,20). The van der Waals surface area contributed by atoms with Gasteiger partial charge in [-0.25, -0.2) is 0 Å². The summed E-state index contributed by atoms with van der Waals surface area (Å²) in [4.78, 5) is 11.3. The molecule has 108 valence electrons. The second-order valence-electron chi connectivity index (χ2n) is 5.15. The summed E-state index contributed by atoms with van der Waals surface area (Å²) in [5, 5.41) is 12.3. The number of ether oxygens (including phenoxy) is 1. The smallest absolute Gasteiger partial charge is 0.321 e. The van der Waals surface area contributed by atoms with E-state index >= 15 is 0 Å². The maximum atomic E-state index is 11.3. The molecule has 1 heterocycles. The van der Waals surface area contributed by atoms with E-state index in [9.17, 15) is 9.90 Å². The van der Waals surface area contributed by atoms with Gasteiger partial charge < -0.3 is 15.2 Å². The van der Waals surface area contributed by atoms with Gasteiger partial charge in [-0.1, -0.05) is 30.3 Å². The SMILES string of the molecule is O=C(O)C1NCCC1c1cccc(Oc2ccccc2)c1. The maximum absolute atomic E-state index is 11.3. The van der Waals surface area contributed by atoms with Crippen molar-refractivity contribution in [1.29, 1.82) is 0 Å². The Morgan fingerprint density at radius 1 is 1.10 bits per heavy atom. The molecule has 2 N–H and O–H groups in total. The Morgan fingerprint density at radius 3 is 2.62 bits per heavy atom. The largest absolute Gasteiger partial charge is 0.480 e. The van der Waals surface area contributed by atoms with Gasteiger partial charge in [0, 0.05) is 5.92 Å². The fraction of sp³-hybridized carbons (Fsp3) is 0.235. The van der Waals surface area contributed by atoms with Gasteiger partial charge in [0.1, 0.15) is 17.5 Å². The molecule has 4 heteroatoms. The van der Waals surface area contributed by atoms with E-state index in [-0.39, 0.29) is 5.92 Å². The molecule has 1 saturated heterocycles. The van der Waals surface area contributed by atoms with Crippen LogP contribution in [-0.4, -0.2) is 23.7 Å². The molecule has 4 nitrogen and oxygen atoms in total. The summed E-state index contributed by atoms with van der Waals surface area (Å²) >= 11 is 0. The Kier molecular flexibility index (Phi) is 3.88. The number of para-hydroxylation sites is 1. The zero-order valence-corrected chi connectivity index (χ0v) is 11.5. The van der Waals surface area contributed by atoms with Crippen LogP contribution in [0, 0.1) is 0 Å². The van der Waals surface area contributed by atoms with Gasteiger partial charge in [-0.2, -0.15) is 0 Å². The third-order valence-corrected chi connectivity index (χ3v) is 3.75. The van der Waals surface area contributed by atoms with Gasteiger partial charge in [0.15, 0.2) is 0 Å². The van der Waals surface area contributed by atoms with Crippen LogP contribution in [0.4, 0.5) is 0 Å². The van der Waals surface area contributed by atoms with Crippen molar-refractivity contribution in [3.8, 4) is 11.5 Å². The number of rotatable bonds is 4. The highest BCUT2D eigenvalue weighted by Gasteiger charge is 2.33. The summed E-state index contributed by atoms with van der Waals surface area (Å²) in [5.41, 5.74) is 1.00. The van der Waals surface area contributed by atoms with Gasteiger partial charge >= 0.3 is 5.97 Å². The zero-order valence-electron chi connectivity index (χ0n) is 11.5. The first-order valence-corrected chi connectivity index (χ1v) is 7.03. The number of aliphatic carboxylic acids is 1. The van der Waals surface area contributed by atoms with Crippen molar-refractivity contribution in [1.82, 2.24) is 5.32 Å². The highest BCUT2D eigenvalue weighted by atomic mass is 16.5. The molecule has 0 aromatic heterocycles. The van der Waals surface area contributed by atoms with Crippen molar-refractivity contribution >= 4 is 5.97 Å². The van der Waals surface area contributed by atoms with Crippen molar-refractivity contribution in [2.45, 2.75) is 18.4 Å². The predicted octanol–water partition coefficient (Wildman–Crippen LogP) is 3.01. The summed E-state index contributed by atoms with van der Waals surface area (Å²) in [6.07, 6.45) is 0.825. The number of carbonyl (C=O) groups is 1. The summed E-state index contributed by atoms with van der Waals surface area (Å²) in [6, 6.07) is 16.7. The molecule has 1 aliphatic heterocycles. The molecule has 1 fully saturated rings. The quantitative estimate of drug-likeness (QED) is 0.905. The van der Waals surface area contributed by atoms with Crippen LogP contribution in [0.1, 0.15) is 17.9 Å². The minimum atomic E-state index is -0.799. The Bertz CT molecular complexity index is 627. The molecule has 0 amide bonds. The first-order chi connectivity index (χ1) is 10.2. The van der Waals surface area contributed by atoms with Crippen LogP contribution in [-0.2, 0) is 4.79 Å². The van der Waals surface area contributed by atoms with Crippen molar-refractivity contribution in [2.24, 2.45) is 0 Å². The van der Waals surface area contributed by atoms with Gasteiger partial charge in [0.2, 0.25) is 0 Å². The zero-order chi connectivity index (χ0) is 14.7. The van der Waals surface area contributed by atoms with Crippen LogP contribution < -0.4 is 10.1 Å². The molecule has 2 aromatic carbocycles. The van der Waals surface area contributed by atoms with Crippen LogP contribution in [0.15, 0.2) is 54.6 Å². The number of carboxylic acids is 1. The monoisotopic (exact) mass is 283 g/mol. The number of carboxylic acid groups (broad SMARTS) is 1. The lowest BCUT2D eigenvalue weighted by atomic mass is 9.92. The normalized spacial score (nSPS) is 21.1. The third-order valence-electron chi connectivity index (χ3n) is 3.75. The summed E-state index contributed by atoms with van der Waals surface area (Å²) in [5.74, 6) is 0.692. The van der Waals surface area contributed by atoms with Crippen molar-refractivity contribution < 1.29 is 14.6 Å². The number of hydrogen-bond acceptors (Lipinski definition) is 3. The van der Waals surface area contributed by atoms with Crippen LogP contribution in [0.3, 0.4) is 0 Å². The first kappa shape index (κ1) is 13.6. The molecule has 3 rings (SSSR count). The summed E-state index contributed by atoms with van der Waals surface area (Å²) in [7, 11) is 0. The summed E-state index contributed by atoms with van der Waals surface area (Å²) < 4.78 is 5.81. The van der Waals surface area contributed by atoms with Crippen LogP contribution in [0.2, 0.25) is 0 Å². The molecular formula is C17H17NO3. The minimum absolute atomic E-state index is 0.0122. The van der Waals surface area contributed by atoms with E-state index in [1.165, 1.54) is 0 Å². The average molecular weight is 283 g/mol. The molecule has 2 aromatic rings. The van der Waals surface area contributed by atoms with Crippen molar-refractivity contribution in [3.05, 3.63) is 60.2 Å². The van der Waals surface area contributed by atoms with Crippen LogP contribution in [0.25, 0.3) is 0 Å². The molecule has 0 bridgehead atoms. The first-order valence-electron chi connectivity index (χ1n) is 7.03. The minimum Gasteiger partial charge on any atom is -0.480 e. The van der Waals surface area contributed by atoms with E-state index in [1.807, 2.05) is 54.6 Å². The topological polar surface area (TPSA) is 58.6 Å². The van der Waals surface area contributed by atoms with E-state index in [2.05, 4.69) is 5.32 Å². The lowest BCUT2D eigenvalue weighted by Gasteiger charge is -2.16. The molecule has 0 spiro atoms. The fourth-order valence-electron chi connectivity index (χ4n) is 2.76. The molecular weight excluding hydrogens is 266 g/mol. The Morgan fingerprint density at radius 2 is 1.86 bits per heavy atom. The van der Waals surface area contributed by atoms with Crippen LogP contribution >= 0.6 is 0 Å². The molecule has 0 radical (unpaired) electrons. The Hall–Kier alpha value is -2.33. The number of benzene rings is 2. The molecule has 0 aliphatic carbocycles. The molecule has 2 unspecified atom stereocenters. The van der Waals surface area contributed by atoms with E-state index in [0.29, 0.717) is 0 Å². The highest BCUT2D eigenvalue weighted by Crippen LogP contribution is 2.31. The molecule has 2 atom stereocenters. The third kappa shape index (κ3) is 3.06. The molecule has 0 saturated carbocycles. The number of hydrogen-bond donors (Lipinski definition) is 2. The average Bonchev–Trinajstić information content (AvgIpc) is 2.98. The van der Waals surface area contributed by atoms with Crippen molar-refractivity contribution in [3.63, 3.8) is 0 Å². The van der Waals surface area contributed by atoms with E-state index in [4.69, 9.17) is 4.74 Å². The van der Waals surface area contributed by atoms with E-state index in [0.717, 1.165) is 30.0 Å². The van der Waals surface area contributed by atoms with Gasteiger partial charge in [0.25, 0.3) is 0 Å². The van der Waals surface area contributed by atoms with Gasteiger partial charge in [0.05, 0.1) is 0 Å². The number of nitrogens with one attached hydrogen (secondary N) is 1. The van der Waals surface area contributed by atoms with E-state index in [1.54, 1.807) is 0 Å². The fourth-order valence-corrected chi connectivity index (χ4v) is 2.76. The lowest BCUT2D eigenvalue weighted by molar-refractivity contribution is -0.139. The highest BCUT2D eigenvalue weighted by molar-refractivity contribution is 5.75. The summed E-state index contributed by atoms with van der Waals surface area (Å²) in [6.45, 7) is 0.728. The second kappa shape index (κ2) is 5.97. The Labute approximate surface area is 123 Å². The predicted molar refractivity (Wildman–Crippen MR) is 79.7 cm³/mol.